The highest BCUT2D eigenvalue weighted by Gasteiger charge is 2.30. The van der Waals surface area contributed by atoms with Crippen LogP contribution in [0.1, 0.15) is 46.8 Å². The van der Waals surface area contributed by atoms with Gasteiger partial charge in [-0.1, -0.05) is 24.3 Å². The molecule has 0 spiro atoms. The lowest BCUT2D eigenvalue weighted by molar-refractivity contribution is -0.110. The number of nitrogens with one attached hydrogen (secondary N) is 2. The van der Waals surface area contributed by atoms with E-state index in [2.05, 4.69) is 22.6 Å². The minimum Gasteiger partial charge on any atom is -0.381 e. The lowest BCUT2D eigenvalue weighted by Crippen LogP contribution is -2.40. The van der Waals surface area contributed by atoms with E-state index in [1.165, 1.54) is 0 Å². The number of carbonyl (C=O) groups is 2. The highest BCUT2D eigenvalue weighted by Crippen LogP contribution is 2.37. The van der Waals surface area contributed by atoms with Crippen LogP contribution < -0.4 is 16.4 Å². The topological polar surface area (TPSA) is 87.5 Å². The quantitative estimate of drug-likeness (QED) is 0.527. The maximum absolute atomic E-state index is 13.0. The second-order valence-electron chi connectivity index (χ2n) is 8.14. The molecule has 0 aliphatic carbocycles. The van der Waals surface area contributed by atoms with Crippen molar-refractivity contribution < 1.29 is 9.59 Å². The molecule has 0 saturated carbocycles. The zero-order chi connectivity index (χ0) is 21.3. The van der Waals surface area contributed by atoms with Gasteiger partial charge in [0.25, 0.3) is 5.91 Å². The molecule has 6 heteroatoms. The van der Waals surface area contributed by atoms with E-state index in [1.54, 1.807) is 13.0 Å². The first-order chi connectivity index (χ1) is 14.5. The van der Waals surface area contributed by atoms with Gasteiger partial charge in [0.15, 0.2) is 5.78 Å². The monoisotopic (exact) mass is 404 g/mol. The predicted octanol–water partition coefficient (Wildman–Crippen LogP) is 2.85. The summed E-state index contributed by atoms with van der Waals surface area (Å²) in [6, 6.07) is 13.7. The number of benzene rings is 2. The van der Waals surface area contributed by atoms with E-state index in [-0.39, 0.29) is 17.7 Å². The lowest BCUT2D eigenvalue weighted by Gasteiger charge is -2.31. The van der Waals surface area contributed by atoms with Gasteiger partial charge in [-0.3, -0.25) is 9.59 Å². The number of anilines is 1. The first kappa shape index (κ1) is 20.3. The van der Waals surface area contributed by atoms with Gasteiger partial charge in [0.2, 0.25) is 0 Å². The summed E-state index contributed by atoms with van der Waals surface area (Å²) >= 11 is 0. The van der Waals surface area contributed by atoms with Crippen LogP contribution in [0.25, 0.3) is 11.3 Å². The van der Waals surface area contributed by atoms with E-state index >= 15 is 0 Å². The molecule has 0 bridgehead atoms. The number of ketones is 1. The summed E-state index contributed by atoms with van der Waals surface area (Å²) in [6.07, 6.45) is 2.02. The number of rotatable bonds is 5. The predicted molar refractivity (Wildman–Crippen MR) is 120 cm³/mol. The molecule has 4 rings (SSSR count). The maximum atomic E-state index is 13.0. The average molecular weight is 405 g/mol. The van der Waals surface area contributed by atoms with Crippen molar-refractivity contribution in [3.05, 3.63) is 64.7 Å². The molecular weight excluding hydrogens is 376 g/mol. The number of hydrogen-bond donors (Lipinski definition) is 3. The molecule has 4 N–H and O–H groups in total. The average Bonchev–Trinajstić information content (AvgIpc) is 3.08. The highest BCUT2D eigenvalue weighted by molar-refractivity contribution is 6.36. The fourth-order valence-corrected chi connectivity index (χ4v) is 4.10. The fourth-order valence-electron chi connectivity index (χ4n) is 4.10. The van der Waals surface area contributed by atoms with Crippen molar-refractivity contribution >= 4 is 28.6 Å². The summed E-state index contributed by atoms with van der Waals surface area (Å²) in [6.45, 7) is 4.05. The number of amides is 1. The van der Waals surface area contributed by atoms with Gasteiger partial charge in [-0.2, -0.15) is 0 Å². The lowest BCUT2D eigenvalue weighted by atomic mass is 9.96. The van der Waals surface area contributed by atoms with E-state index in [0.717, 1.165) is 54.0 Å². The van der Waals surface area contributed by atoms with E-state index in [1.807, 2.05) is 36.4 Å². The number of carbonyl (C=O) groups excluding carboxylic acids is 2. The minimum atomic E-state index is -0.149. The van der Waals surface area contributed by atoms with Crippen molar-refractivity contribution in [2.45, 2.75) is 32.4 Å². The second-order valence-corrected chi connectivity index (χ2v) is 8.14. The van der Waals surface area contributed by atoms with Gasteiger partial charge in [0.1, 0.15) is 0 Å². The van der Waals surface area contributed by atoms with Crippen LogP contribution in [0.15, 0.2) is 42.5 Å². The third kappa shape index (κ3) is 4.01. The van der Waals surface area contributed by atoms with Crippen LogP contribution in [0.2, 0.25) is 0 Å². The molecular formula is C24H28N4O2. The van der Waals surface area contributed by atoms with Crippen molar-refractivity contribution in [1.29, 1.82) is 0 Å². The number of fused-ring (bicyclic) bond motifs is 1. The van der Waals surface area contributed by atoms with Crippen molar-refractivity contribution in [3.8, 4) is 0 Å². The number of nitrogens with two attached hydrogens (primary N) is 1. The van der Waals surface area contributed by atoms with Gasteiger partial charge in [0.05, 0.1) is 11.3 Å². The van der Waals surface area contributed by atoms with Gasteiger partial charge in [-0.05, 0) is 69.2 Å². The van der Waals surface area contributed by atoms with Gasteiger partial charge >= 0.3 is 0 Å². The van der Waals surface area contributed by atoms with Crippen LogP contribution in [0.3, 0.4) is 0 Å². The smallest absolute Gasteiger partial charge is 0.258 e. The Morgan fingerprint density at radius 3 is 2.43 bits per heavy atom. The first-order valence-corrected chi connectivity index (χ1v) is 10.4. The fraction of sp³-hybridized carbons (Fsp3) is 0.333. The van der Waals surface area contributed by atoms with Crippen molar-refractivity contribution in [3.63, 3.8) is 0 Å². The zero-order valence-electron chi connectivity index (χ0n) is 17.5. The van der Waals surface area contributed by atoms with Crippen LogP contribution >= 0.6 is 0 Å². The van der Waals surface area contributed by atoms with E-state index in [9.17, 15) is 9.59 Å². The molecule has 2 aromatic rings. The third-order valence-electron chi connectivity index (χ3n) is 5.97. The Morgan fingerprint density at radius 2 is 1.80 bits per heavy atom. The van der Waals surface area contributed by atoms with Crippen molar-refractivity contribution in [2.75, 3.05) is 25.5 Å². The molecule has 2 aliphatic heterocycles. The van der Waals surface area contributed by atoms with Crippen LogP contribution in [0, 0.1) is 0 Å². The molecule has 0 aromatic heterocycles. The summed E-state index contributed by atoms with van der Waals surface area (Å²) in [5.74, 6) is -0.169. The van der Waals surface area contributed by atoms with E-state index in [0.29, 0.717) is 17.7 Å². The largest absolute Gasteiger partial charge is 0.381 e. The first-order valence-electron chi connectivity index (χ1n) is 10.4. The minimum absolute atomic E-state index is 0.0198. The third-order valence-corrected chi connectivity index (χ3v) is 5.97. The molecule has 1 amide bonds. The molecule has 0 atom stereocenters. The molecule has 2 aromatic carbocycles. The van der Waals surface area contributed by atoms with Gasteiger partial charge in [-0.25, -0.2) is 0 Å². The molecule has 1 fully saturated rings. The Balaban J connectivity index is 1.82. The van der Waals surface area contributed by atoms with Crippen LogP contribution in [0.5, 0.6) is 0 Å². The molecule has 1 saturated heterocycles. The summed E-state index contributed by atoms with van der Waals surface area (Å²) in [5, 5.41) is 6.62. The number of likely N-dealkylation sites (tertiary alicyclic amines) is 1. The molecule has 156 valence electrons. The van der Waals surface area contributed by atoms with Gasteiger partial charge < -0.3 is 21.3 Å². The number of Topliss-reactive ketones (excluding diaryl/α,β-unsaturated/α-hetero) is 1. The molecule has 0 radical (unpaired) electrons. The zero-order valence-corrected chi connectivity index (χ0v) is 17.5. The van der Waals surface area contributed by atoms with Gasteiger partial charge in [0, 0.05) is 29.4 Å². The Bertz CT molecular complexity index is 1000. The van der Waals surface area contributed by atoms with Crippen molar-refractivity contribution in [1.82, 2.24) is 10.2 Å². The molecule has 30 heavy (non-hydrogen) atoms. The highest BCUT2D eigenvalue weighted by atomic mass is 16.2. The van der Waals surface area contributed by atoms with Crippen LogP contribution in [-0.2, 0) is 11.3 Å². The summed E-state index contributed by atoms with van der Waals surface area (Å²) in [4.78, 5) is 27.3. The maximum Gasteiger partial charge on any atom is 0.258 e. The van der Waals surface area contributed by atoms with E-state index < -0.39 is 0 Å². The van der Waals surface area contributed by atoms with Gasteiger partial charge in [-0.15, -0.1) is 0 Å². The van der Waals surface area contributed by atoms with E-state index in [4.69, 9.17) is 5.73 Å². The molecule has 0 unspecified atom stereocenters. The van der Waals surface area contributed by atoms with Crippen LogP contribution in [-0.4, -0.2) is 42.8 Å². The Labute approximate surface area is 177 Å². The van der Waals surface area contributed by atoms with Crippen LogP contribution in [0.4, 0.5) is 5.69 Å². The summed E-state index contributed by atoms with van der Waals surface area (Å²) < 4.78 is 0. The Morgan fingerprint density at radius 1 is 1.13 bits per heavy atom. The number of nitrogens with zero attached hydrogens (tertiary/aromatic N) is 1. The molecule has 6 nitrogen and oxygen atoms in total. The Kier molecular flexibility index (Phi) is 5.70. The second kappa shape index (κ2) is 8.42. The molecule has 2 aliphatic rings. The SMILES string of the molecule is CC(=O)c1ccc2c(c1)C(=C(NC1CCN(C)CC1)c1ccc(CN)cc1)C(=O)N2. The molecule has 2 heterocycles. The standard InChI is InChI=1S/C24H28N4O2/c1-15(29)18-7-8-21-20(13-18)22(24(30)27-21)23(17-5-3-16(14-25)4-6-17)26-19-9-11-28(2)12-10-19/h3-8,13,19,26H,9-12,14,25H2,1-2H3,(H,27,30). The normalized spacial score (nSPS) is 18.7. The number of piperidine rings is 1. The number of hydrogen-bond acceptors (Lipinski definition) is 5. The summed E-state index contributed by atoms with van der Waals surface area (Å²) in [7, 11) is 2.13. The summed E-state index contributed by atoms with van der Waals surface area (Å²) in [5.41, 5.74) is 11.2. The Hall–Kier alpha value is -2.96. The van der Waals surface area contributed by atoms with Crippen molar-refractivity contribution in [2.24, 2.45) is 5.73 Å².